The van der Waals surface area contributed by atoms with Gasteiger partial charge in [0.25, 0.3) is 5.91 Å². The van der Waals surface area contributed by atoms with Crippen molar-refractivity contribution in [3.8, 4) is 0 Å². The zero-order chi connectivity index (χ0) is 24.6. The molecule has 1 aliphatic carbocycles. The number of rotatable bonds is 7. The van der Waals surface area contributed by atoms with Crippen LogP contribution in [0.3, 0.4) is 0 Å². The van der Waals surface area contributed by atoms with Crippen molar-refractivity contribution in [3.63, 3.8) is 0 Å². The maximum Gasteiger partial charge on any atom is 0.324 e. The van der Waals surface area contributed by atoms with Crippen LogP contribution in [-0.2, 0) is 22.4 Å². The van der Waals surface area contributed by atoms with Gasteiger partial charge in [-0.3, -0.25) is 14.5 Å². The van der Waals surface area contributed by atoms with Gasteiger partial charge in [0.15, 0.2) is 0 Å². The van der Waals surface area contributed by atoms with Crippen LogP contribution in [0.5, 0.6) is 0 Å². The van der Waals surface area contributed by atoms with E-state index in [0.717, 1.165) is 46.9 Å². The van der Waals surface area contributed by atoms with Crippen molar-refractivity contribution in [2.75, 3.05) is 6.54 Å². The van der Waals surface area contributed by atoms with E-state index in [1.54, 1.807) is 0 Å². The average Bonchev–Trinajstić information content (AvgIpc) is 3.56. The minimum Gasteiger partial charge on any atom is -0.361 e. The number of nitrogens with one attached hydrogen (secondary N) is 4. The van der Waals surface area contributed by atoms with Crippen molar-refractivity contribution >= 4 is 39.7 Å². The number of carbonyl (C=O) groups is 3. The molecule has 4 N–H and O–H groups in total. The summed E-state index contributed by atoms with van der Waals surface area (Å²) < 4.78 is 0. The lowest BCUT2D eigenvalue weighted by molar-refractivity contribution is -0.127. The number of aryl methyl sites for hydroxylation is 1. The number of hydrogen-bond donors (Lipinski definition) is 4. The molecule has 184 valence electrons. The quantitative estimate of drug-likeness (QED) is 0.297. The molecule has 0 unspecified atom stereocenters. The number of carbonyl (C=O) groups excluding carboxylic acids is 3. The Morgan fingerprint density at radius 2 is 1.81 bits per heavy atom. The molecule has 4 amide bonds. The van der Waals surface area contributed by atoms with Gasteiger partial charge in [0.2, 0.25) is 5.91 Å². The molecule has 36 heavy (non-hydrogen) atoms. The average molecular weight is 484 g/mol. The Morgan fingerprint density at radius 3 is 2.67 bits per heavy atom. The van der Waals surface area contributed by atoms with Gasteiger partial charge in [-0.15, -0.1) is 0 Å². The van der Waals surface area contributed by atoms with E-state index in [-0.39, 0.29) is 36.7 Å². The van der Waals surface area contributed by atoms with E-state index in [4.69, 9.17) is 0 Å². The van der Waals surface area contributed by atoms with Crippen LogP contribution in [0.4, 0.5) is 4.79 Å². The molecule has 1 aliphatic heterocycles. The van der Waals surface area contributed by atoms with Gasteiger partial charge in [0.1, 0.15) is 6.04 Å². The standard InChI is InChI=1S/C28H29N5O3/c34-25(30-23-11-5-8-20-19-7-2-4-10-22(19)31-26(20)23)13-12-24-27(35)33(28(36)32-24)15-14-17-16-29-21-9-3-1-6-18(17)21/h1-4,6-7,9-10,16,23-24,29,31H,5,8,11-15H2,(H,30,34)(H,32,36)/t23-,24+/m1/s1. The molecule has 4 aromatic rings. The van der Waals surface area contributed by atoms with Crippen LogP contribution in [-0.4, -0.2) is 45.3 Å². The third-order valence-corrected chi connectivity index (χ3v) is 7.50. The summed E-state index contributed by atoms with van der Waals surface area (Å²) in [5.74, 6) is -0.367. The minimum atomic E-state index is -0.666. The summed E-state index contributed by atoms with van der Waals surface area (Å²) in [7, 11) is 0. The molecule has 2 atom stereocenters. The molecule has 0 radical (unpaired) electrons. The Kier molecular flexibility index (Phi) is 5.71. The SMILES string of the molecule is O=C(CC[C@@H]1NC(=O)N(CCc2c[nH]c3ccccc23)C1=O)N[C@@H]1CCCc2c1[nH]c1ccccc21. The van der Waals surface area contributed by atoms with Crippen molar-refractivity contribution in [3.05, 3.63) is 71.5 Å². The summed E-state index contributed by atoms with van der Waals surface area (Å²) in [5.41, 5.74) is 5.57. The largest absolute Gasteiger partial charge is 0.361 e. The maximum atomic E-state index is 12.9. The first-order valence-electron chi connectivity index (χ1n) is 12.6. The van der Waals surface area contributed by atoms with Crippen molar-refractivity contribution in [2.45, 2.75) is 50.6 Å². The monoisotopic (exact) mass is 483 g/mol. The second kappa shape index (κ2) is 9.18. The van der Waals surface area contributed by atoms with Crippen molar-refractivity contribution in [2.24, 2.45) is 0 Å². The Balaban J connectivity index is 1.05. The number of urea groups is 1. The normalized spacial score (nSPS) is 19.6. The van der Waals surface area contributed by atoms with E-state index in [0.29, 0.717) is 13.0 Å². The highest BCUT2D eigenvalue weighted by Crippen LogP contribution is 2.34. The number of benzene rings is 2. The van der Waals surface area contributed by atoms with E-state index in [1.165, 1.54) is 15.8 Å². The van der Waals surface area contributed by atoms with Gasteiger partial charge < -0.3 is 20.6 Å². The Morgan fingerprint density at radius 1 is 1.03 bits per heavy atom. The summed E-state index contributed by atoms with van der Waals surface area (Å²) in [6.07, 6.45) is 5.86. The van der Waals surface area contributed by atoms with E-state index < -0.39 is 6.04 Å². The molecule has 1 saturated heterocycles. The molecule has 0 bridgehead atoms. The summed E-state index contributed by atoms with van der Waals surface area (Å²) in [4.78, 5) is 46.2. The highest BCUT2D eigenvalue weighted by molar-refractivity contribution is 6.04. The molecule has 3 heterocycles. The van der Waals surface area contributed by atoms with Crippen molar-refractivity contribution in [1.29, 1.82) is 0 Å². The molecular weight excluding hydrogens is 454 g/mol. The molecule has 8 heteroatoms. The fourth-order valence-corrected chi connectivity index (χ4v) is 5.66. The van der Waals surface area contributed by atoms with Crippen LogP contribution < -0.4 is 10.6 Å². The Bertz CT molecular complexity index is 1470. The first-order chi connectivity index (χ1) is 17.6. The minimum absolute atomic E-state index is 0.0600. The number of aromatic nitrogens is 2. The molecule has 2 aromatic carbocycles. The summed E-state index contributed by atoms with van der Waals surface area (Å²) in [5, 5.41) is 8.22. The van der Waals surface area contributed by atoms with Crippen LogP contribution in [0.2, 0.25) is 0 Å². The fourth-order valence-electron chi connectivity index (χ4n) is 5.66. The number of H-pyrrole nitrogens is 2. The number of imide groups is 1. The number of nitrogens with zero attached hydrogens (tertiary/aromatic N) is 1. The predicted octanol–water partition coefficient (Wildman–Crippen LogP) is 4.09. The van der Waals surface area contributed by atoms with Crippen LogP contribution in [0.25, 0.3) is 21.8 Å². The van der Waals surface area contributed by atoms with Crippen LogP contribution in [0, 0.1) is 0 Å². The molecule has 1 fully saturated rings. The summed E-state index contributed by atoms with van der Waals surface area (Å²) in [6, 6.07) is 15.1. The Hall–Kier alpha value is -4.07. The van der Waals surface area contributed by atoms with E-state index in [2.05, 4.69) is 32.7 Å². The molecule has 2 aromatic heterocycles. The number of aromatic amines is 2. The molecule has 0 spiro atoms. The van der Waals surface area contributed by atoms with Crippen LogP contribution >= 0.6 is 0 Å². The molecule has 8 nitrogen and oxygen atoms in total. The smallest absolute Gasteiger partial charge is 0.324 e. The van der Waals surface area contributed by atoms with Crippen molar-refractivity contribution in [1.82, 2.24) is 25.5 Å². The summed E-state index contributed by atoms with van der Waals surface area (Å²) >= 11 is 0. The topological polar surface area (TPSA) is 110 Å². The van der Waals surface area contributed by atoms with E-state index in [1.807, 2.05) is 42.6 Å². The van der Waals surface area contributed by atoms with Gasteiger partial charge in [-0.1, -0.05) is 36.4 Å². The van der Waals surface area contributed by atoms with E-state index in [9.17, 15) is 14.4 Å². The first kappa shape index (κ1) is 22.4. The Labute approximate surface area is 208 Å². The van der Waals surface area contributed by atoms with Gasteiger partial charge in [-0.25, -0.2) is 4.79 Å². The molecule has 0 saturated carbocycles. The van der Waals surface area contributed by atoms with E-state index >= 15 is 0 Å². The highest BCUT2D eigenvalue weighted by Gasteiger charge is 2.37. The van der Waals surface area contributed by atoms with Crippen molar-refractivity contribution < 1.29 is 14.4 Å². The van der Waals surface area contributed by atoms with Crippen LogP contribution in [0.15, 0.2) is 54.7 Å². The van der Waals surface area contributed by atoms with Gasteiger partial charge in [-0.05, 0) is 55.4 Å². The molecular formula is C28H29N5O3. The number of hydrogen-bond acceptors (Lipinski definition) is 3. The summed E-state index contributed by atoms with van der Waals surface area (Å²) in [6.45, 7) is 0.306. The van der Waals surface area contributed by atoms with Gasteiger partial charge >= 0.3 is 6.03 Å². The predicted molar refractivity (Wildman–Crippen MR) is 137 cm³/mol. The first-order valence-corrected chi connectivity index (χ1v) is 12.6. The third-order valence-electron chi connectivity index (χ3n) is 7.50. The number of fused-ring (bicyclic) bond motifs is 4. The highest BCUT2D eigenvalue weighted by atomic mass is 16.2. The lowest BCUT2D eigenvalue weighted by atomic mass is 9.91. The second-order valence-electron chi connectivity index (χ2n) is 9.72. The lowest BCUT2D eigenvalue weighted by Gasteiger charge is -2.24. The van der Waals surface area contributed by atoms with Gasteiger partial charge in [0, 0.05) is 46.7 Å². The molecule has 2 aliphatic rings. The van der Waals surface area contributed by atoms with Gasteiger partial charge in [0.05, 0.1) is 6.04 Å². The zero-order valence-corrected chi connectivity index (χ0v) is 20.0. The zero-order valence-electron chi connectivity index (χ0n) is 20.0. The lowest BCUT2D eigenvalue weighted by Crippen LogP contribution is -2.35. The van der Waals surface area contributed by atoms with Crippen LogP contribution in [0.1, 0.15) is 48.5 Å². The fraction of sp³-hybridized carbons (Fsp3) is 0.321. The third kappa shape index (κ3) is 4.02. The second-order valence-corrected chi connectivity index (χ2v) is 9.72. The van der Waals surface area contributed by atoms with Gasteiger partial charge in [-0.2, -0.15) is 0 Å². The maximum absolute atomic E-state index is 12.9. The number of amides is 4. The number of para-hydroxylation sites is 2. The molecule has 6 rings (SSSR count).